The predicted molar refractivity (Wildman–Crippen MR) is 140 cm³/mol. The summed E-state index contributed by atoms with van der Waals surface area (Å²) in [7, 11) is 2.21. The molecule has 0 bridgehead atoms. The molecule has 2 fully saturated rings. The molecule has 35 heavy (non-hydrogen) atoms. The second-order valence-electron chi connectivity index (χ2n) is 10.3. The molecule has 186 valence electrons. The first-order chi connectivity index (χ1) is 17.0. The maximum atomic E-state index is 13.5. The van der Waals surface area contributed by atoms with Gasteiger partial charge in [-0.05, 0) is 101 Å². The highest BCUT2D eigenvalue weighted by Gasteiger charge is 2.33. The van der Waals surface area contributed by atoms with Crippen LogP contribution < -0.4 is 4.90 Å². The molecule has 0 radical (unpaired) electrons. The van der Waals surface area contributed by atoms with Gasteiger partial charge in [-0.25, -0.2) is 0 Å². The van der Waals surface area contributed by atoms with Crippen molar-refractivity contribution in [2.45, 2.75) is 38.3 Å². The van der Waals surface area contributed by atoms with Crippen molar-refractivity contribution in [2.75, 3.05) is 51.2 Å². The Morgan fingerprint density at radius 1 is 0.914 bits per heavy atom. The summed E-state index contributed by atoms with van der Waals surface area (Å²) in [5.74, 6) is 0.334. The fourth-order valence-corrected chi connectivity index (χ4v) is 5.92. The Morgan fingerprint density at radius 3 is 2.31 bits per heavy atom. The Bertz CT molecular complexity index is 1040. The number of halogens is 1. The van der Waals surface area contributed by atoms with Crippen LogP contribution in [0.4, 0.5) is 5.69 Å². The number of rotatable bonds is 4. The van der Waals surface area contributed by atoms with Gasteiger partial charge in [-0.1, -0.05) is 29.8 Å². The zero-order chi connectivity index (χ0) is 24.4. The zero-order valence-corrected chi connectivity index (χ0v) is 21.3. The van der Waals surface area contributed by atoms with Gasteiger partial charge in [0.15, 0.2) is 0 Å². The summed E-state index contributed by atoms with van der Waals surface area (Å²) < 4.78 is 0. The molecule has 3 aliphatic heterocycles. The maximum Gasteiger partial charge on any atom is 0.254 e. The van der Waals surface area contributed by atoms with Crippen LogP contribution >= 0.6 is 11.6 Å². The van der Waals surface area contributed by atoms with Gasteiger partial charge >= 0.3 is 0 Å². The number of carbonyl (C=O) groups is 2. The molecule has 2 aromatic rings. The molecule has 3 aliphatic rings. The molecular weight excluding hydrogens is 460 g/mol. The molecular formula is C28H35ClN4O2. The van der Waals surface area contributed by atoms with Crippen molar-refractivity contribution in [3.8, 4) is 0 Å². The first-order valence-corrected chi connectivity index (χ1v) is 13.2. The summed E-state index contributed by atoms with van der Waals surface area (Å²) >= 11 is 6.00. The average Bonchev–Trinajstić information content (AvgIpc) is 3.01. The third-order valence-electron chi connectivity index (χ3n) is 7.94. The quantitative estimate of drug-likeness (QED) is 0.641. The first kappa shape index (κ1) is 24.3. The Morgan fingerprint density at radius 2 is 1.60 bits per heavy atom. The Hall–Kier alpha value is -2.41. The highest BCUT2D eigenvalue weighted by atomic mass is 35.5. The first-order valence-electron chi connectivity index (χ1n) is 12.8. The normalized spacial score (nSPS) is 21.1. The van der Waals surface area contributed by atoms with Gasteiger partial charge in [0.2, 0.25) is 5.91 Å². The standard InChI is InChI=1S/C28H35ClN4O2/c1-30-14-12-25(13-15-30)31-16-10-21(11-17-31)18-33-26-5-3-2-4-23(26)19-32(20-27(33)34)28(35)22-6-8-24(29)9-7-22/h2-9,21,25H,10-20H2,1H3. The lowest BCUT2D eigenvalue weighted by Crippen LogP contribution is -2.48. The molecule has 0 atom stereocenters. The highest BCUT2D eigenvalue weighted by molar-refractivity contribution is 6.30. The SMILES string of the molecule is CN1CCC(N2CCC(CN3C(=O)CN(C(=O)c4ccc(Cl)cc4)Cc4ccccc43)CC2)CC1. The topological polar surface area (TPSA) is 47.1 Å². The van der Waals surface area contributed by atoms with Crippen molar-refractivity contribution >= 4 is 29.1 Å². The van der Waals surface area contributed by atoms with Crippen LogP contribution in [0.3, 0.4) is 0 Å². The van der Waals surface area contributed by atoms with E-state index in [9.17, 15) is 9.59 Å². The van der Waals surface area contributed by atoms with Gasteiger partial charge in [0.25, 0.3) is 5.91 Å². The number of piperidine rings is 2. The number of amides is 2. The van der Waals surface area contributed by atoms with Crippen LogP contribution in [0.25, 0.3) is 0 Å². The number of nitrogens with zero attached hydrogens (tertiary/aromatic N) is 4. The van der Waals surface area contributed by atoms with E-state index in [0.717, 1.165) is 43.7 Å². The summed E-state index contributed by atoms with van der Waals surface area (Å²) in [4.78, 5) is 35.4. The minimum Gasteiger partial charge on any atom is -0.325 e. The van der Waals surface area contributed by atoms with E-state index in [1.165, 1.54) is 25.9 Å². The van der Waals surface area contributed by atoms with Crippen molar-refractivity contribution in [2.24, 2.45) is 5.92 Å². The highest BCUT2D eigenvalue weighted by Crippen LogP contribution is 2.30. The van der Waals surface area contributed by atoms with Crippen molar-refractivity contribution < 1.29 is 9.59 Å². The van der Waals surface area contributed by atoms with Crippen LogP contribution in [-0.2, 0) is 11.3 Å². The fourth-order valence-electron chi connectivity index (χ4n) is 5.79. The van der Waals surface area contributed by atoms with Gasteiger partial charge in [0, 0.05) is 35.4 Å². The number of hydrogen-bond acceptors (Lipinski definition) is 4. The summed E-state index contributed by atoms with van der Waals surface area (Å²) in [5.41, 5.74) is 2.51. The zero-order valence-electron chi connectivity index (χ0n) is 20.5. The molecule has 0 spiro atoms. The Balaban J connectivity index is 1.26. The van der Waals surface area contributed by atoms with E-state index >= 15 is 0 Å². The van der Waals surface area contributed by atoms with E-state index in [1.807, 2.05) is 29.2 Å². The van der Waals surface area contributed by atoms with Crippen LogP contribution in [0.2, 0.25) is 5.02 Å². The lowest BCUT2D eigenvalue weighted by molar-refractivity contribution is -0.119. The van der Waals surface area contributed by atoms with E-state index in [4.69, 9.17) is 11.6 Å². The molecule has 2 saturated heterocycles. The fraction of sp³-hybridized carbons (Fsp3) is 0.500. The molecule has 0 saturated carbocycles. The second-order valence-corrected chi connectivity index (χ2v) is 10.8. The molecule has 0 unspecified atom stereocenters. The summed E-state index contributed by atoms with van der Waals surface area (Å²) in [6.45, 7) is 5.84. The second kappa shape index (κ2) is 10.7. The van der Waals surface area contributed by atoms with Crippen molar-refractivity contribution in [3.05, 3.63) is 64.7 Å². The van der Waals surface area contributed by atoms with Crippen LogP contribution in [0.15, 0.2) is 48.5 Å². The third kappa shape index (κ3) is 5.55. The lowest BCUT2D eigenvalue weighted by Gasteiger charge is -2.41. The Kier molecular flexibility index (Phi) is 7.42. The average molecular weight is 495 g/mol. The van der Waals surface area contributed by atoms with Crippen LogP contribution in [0.1, 0.15) is 41.6 Å². The summed E-state index contributed by atoms with van der Waals surface area (Å²) in [5, 5.41) is 0.590. The number of anilines is 1. The Labute approximate surface area is 213 Å². The lowest BCUT2D eigenvalue weighted by atomic mass is 9.92. The number of fused-ring (bicyclic) bond motifs is 1. The number of carbonyl (C=O) groups excluding carboxylic acids is 2. The number of para-hydroxylation sites is 1. The molecule has 0 N–H and O–H groups in total. The smallest absolute Gasteiger partial charge is 0.254 e. The molecule has 2 aromatic carbocycles. The van der Waals surface area contributed by atoms with Gasteiger partial charge in [-0.3, -0.25) is 9.59 Å². The van der Waals surface area contributed by atoms with Crippen LogP contribution in [0.5, 0.6) is 0 Å². The van der Waals surface area contributed by atoms with Gasteiger partial charge < -0.3 is 19.6 Å². The monoisotopic (exact) mass is 494 g/mol. The van der Waals surface area contributed by atoms with Crippen LogP contribution in [0, 0.1) is 5.92 Å². The third-order valence-corrected chi connectivity index (χ3v) is 8.20. The molecule has 7 heteroatoms. The number of hydrogen-bond donors (Lipinski definition) is 0. The minimum atomic E-state index is -0.141. The molecule has 0 aliphatic carbocycles. The van der Waals surface area contributed by atoms with Gasteiger partial charge in [-0.2, -0.15) is 0 Å². The van der Waals surface area contributed by atoms with Crippen LogP contribution in [-0.4, -0.2) is 78.9 Å². The van der Waals surface area contributed by atoms with Crippen molar-refractivity contribution in [1.82, 2.24) is 14.7 Å². The molecule has 3 heterocycles. The summed E-state index contributed by atoms with van der Waals surface area (Å²) in [6.07, 6.45) is 4.75. The number of benzene rings is 2. The van der Waals surface area contributed by atoms with Crippen molar-refractivity contribution in [1.29, 1.82) is 0 Å². The number of likely N-dealkylation sites (tertiary alicyclic amines) is 2. The van der Waals surface area contributed by atoms with Gasteiger partial charge in [-0.15, -0.1) is 0 Å². The minimum absolute atomic E-state index is 0.00462. The molecule has 0 aromatic heterocycles. The summed E-state index contributed by atoms with van der Waals surface area (Å²) in [6, 6.07) is 15.6. The van der Waals surface area contributed by atoms with Gasteiger partial charge in [0.05, 0.1) is 0 Å². The maximum absolute atomic E-state index is 13.5. The molecule has 5 rings (SSSR count). The van der Waals surface area contributed by atoms with Gasteiger partial charge in [0.1, 0.15) is 6.54 Å². The molecule has 6 nitrogen and oxygen atoms in total. The van der Waals surface area contributed by atoms with E-state index < -0.39 is 0 Å². The predicted octanol–water partition coefficient (Wildman–Crippen LogP) is 4.14. The van der Waals surface area contributed by atoms with E-state index in [0.29, 0.717) is 29.1 Å². The van der Waals surface area contributed by atoms with E-state index in [1.54, 1.807) is 29.2 Å². The van der Waals surface area contributed by atoms with Crippen molar-refractivity contribution in [3.63, 3.8) is 0 Å². The molecule has 2 amide bonds. The van der Waals surface area contributed by atoms with E-state index in [-0.39, 0.29) is 18.4 Å². The largest absolute Gasteiger partial charge is 0.325 e. The van der Waals surface area contributed by atoms with E-state index in [2.05, 4.69) is 16.8 Å².